The van der Waals surface area contributed by atoms with Crippen LogP contribution in [0.3, 0.4) is 0 Å². The minimum Gasteiger partial charge on any atom is -0.462 e. The predicted molar refractivity (Wildman–Crippen MR) is 80.4 cm³/mol. The SMILES string of the molecule is CCOC(=O)c1c(-c2ccc(F)cc2)csc1NC(=O)C(F)(F)F. The van der Waals surface area contributed by atoms with Gasteiger partial charge in [-0.05, 0) is 24.6 Å². The number of nitrogens with one attached hydrogen (secondary N) is 1. The number of anilines is 1. The van der Waals surface area contributed by atoms with E-state index in [9.17, 15) is 27.2 Å². The van der Waals surface area contributed by atoms with Crippen LogP contribution in [0.1, 0.15) is 17.3 Å². The fourth-order valence-corrected chi connectivity index (χ4v) is 2.82. The van der Waals surface area contributed by atoms with Crippen molar-refractivity contribution in [1.29, 1.82) is 0 Å². The second kappa shape index (κ2) is 7.00. The van der Waals surface area contributed by atoms with E-state index in [1.54, 1.807) is 5.32 Å². The number of thiophene rings is 1. The third-order valence-corrected chi connectivity index (χ3v) is 3.81. The topological polar surface area (TPSA) is 55.4 Å². The summed E-state index contributed by atoms with van der Waals surface area (Å²) in [7, 11) is 0. The Morgan fingerprint density at radius 1 is 1.21 bits per heavy atom. The number of carbonyl (C=O) groups excluding carboxylic acids is 2. The summed E-state index contributed by atoms with van der Waals surface area (Å²) in [4.78, 5) is 23.2. The number of amides is 1. The molecule has 0 aliphatic carbocycles. The highest BCUT2D eigenvalue weighted by Crippen LogP contribution is 2.37. The Kier molecular flexibility index (Phi) is 5.23. The Bertz CT molecular complexity index is 753. The molecule has 0 bridgehead atoms. The second-order valence-corrected chi connectivity index (χ2v) is 5.41. The summed E-state index contributed by atoms with van der Waals surface area (Å²) in [6, 6.07) is 5.04. The number of halogens is 4. The molecule has 0 aliphatic rings. The monoisotopic (exact) mass is 361 g/mol. The van der Waals surface area contributed by atoms with Crippen LogP contribution in [0.25, 0.3) is 11.1 Å². The highest BCUT2D eigenvalue weighted by Gasteiger charge is 2.39. The molecule has 0 saturated heterocycles. The van der Waals surface area contributed by atoms with Crippen molar-refractivity contribution in [1.82, 2.24) is 0 Å². The van der Waals surface area contributed by atoms with Crippen molar-refractivity contribution in [3.8, 4) is 11.1 Å². The van der Waals surface area contributed by atoms with Crippen LogP contribution in [0.2, 0.25) is 0 Å². The maximum absolute atomic E-state index is 13.0. The Labute approximate surface area is 138 Å². The van der Waals surface area contributed by atoms with Crippen LogP contribution in [0.5, 0.6) is 0 Å². The first-order valence-electron chi connectivity index (χ1n) is 6.66. The highest BCUT2D eigenvalue weighted by atomic mass is 32.1. The lowest BCUT2D eigenvalue weighted by molar-refractivity contribution is -0.167. The Balaban J connectivity index is 2.47. The quantitative estimate of drug-likeness (QED) is 0.655. The van der Waals surface area contributed by atoms with Gasteiger partial charge in [-0.2, -0.15) is 13.2 Å². The number of hydrogen-bond donors (Lipinski definition) is 1. The molecule has 0 unspecified atom stereocenters. The summed E-state index contributed by atoms with van der Waals surface area (Å²) in [6.45, 7) is 1.54. The lowest BCUT2D eigenvalue weighted by atomic mass is 10.0. The summed E-state index contributed by atoms with van der Waals surface area (Å²) in [5.74, 6) is -3.58. The zero-order valence-electron chi connectivity index (χ0n) is 12.2. The first-order chi connectivity index (χ1) is 11.2. The highest BCUT2D eigenvalue weighted by molar-refractivity contribution is 7.15. The van der Waals surface area contributed by atoms with Crippen molar-refractivity contribution in [3.05, 3.63) is 41.0 Å². The largest absolute Gasteiger partial charge is 0.471 e. The van der Waals surface area contributed by atoms with E-state index in [0.29, 0.717) is 5.56 Å². The molecule has 1 heterocycles. The molecule has 1 amide bonds. The molecule has 24 heavy (non-hydrogen) atoms. The number of rotatable bonds is 4. The van der Waals surface area contributed by atoms with Crippen LogP contribution in [0.4, 0.5) is 22.6 Å². The number of hydrogen-bond acceptors (Lipinski definition) is 4. The van der Waals surface area contributed by atoms with Gasteiger partial charge in [0.25, 0.3) is 0 Å². The van der Waals surface area contributed by atoms with Crippen LogP contribution in [0.15, 0.2) is 29.6 Å². The molecule has 128 valence electrons. The van der Waals surface area contributed by atoms with E-state index < -0.39 is 23.9 Å². The molecular weight excluding hydrogens is 350 g/mol. The number of alkyl halides is 3. The van der Waals surface area contributed by atoms with Gasteiger partial charge in [0.2, 0.25) is 0 Å². The molecule has 0 atom stereocenters. The van der Waals surface area contributed by atoms with Crippen molar-refractivity contribution in [2.24, 2.45) is 0 Å². The molecular formula is C15H11F4NO3S. The fraction of sp³-hybridized carbons (Fsp3) is 0.200. The molecule has 4 nitrogen and oxygen atoms in total. The standard InChI is InChI=1S/C15H11F4NO3S/c1-2-23-13(21)11-10(8-3-5-9(16)6-4-8)7-24-12(11)20-14(22)15(17,18)19/h3-7H,2H2,1H3,(H,20,22). The van der Waals surface area contributed by atoms with Gasteiger partial charge in [0.05, 0.1) is 6.61 Å². The lowest BCUT2D eigenvalue weighted by Crippen LogP contribution is -2.30. The van der Waals surface area contributed by atoms with Crippen molar-refractivity contribution in [3.63, 3.8) is 0 Å². The molecule has 1 aromatic carbocycles. The fourth-order valence-electron chi connectivity index (χ4n) is 1.87. The first-order valence-corrected chi connectivity index (χ1v) is 7.54. The molecule has 2 rings (SSSR count). The van der Waals surface area contributed by atoms with Gasteiger partial charge in [0.1, 0.15) is 16.4 Å². The van der Waals surface area contributed by atoms with Gasteiger partial charge in [-0.1, -0.05) is 12.1 Å². The molecule has 0 spiro atoms. The van der Waals surface area contributed by atoms with Crippen LogP contribution in [0, 0.1) is 5.82 Å². The minimum atomic E-state index is -5.09. The van der Waals surface area contributed by atoms with Crippen LogP contribution in [-0.2, 0) is 9.53 Å². The third-order valence-electron chi connectivity index (χ3n) is 2.91. The predicted octanol–water partition coefficient (Wildman–Crippen LogP) is 4.23. The average molecular weight is 361 g/mol. The van der Waals surface area contributed by atoms with E-state index in [2.05, 4.69) is 0 Å². The number of benzene rings is 1. The Morgan fingerprint density at radius 3 is 2.38 bits per heavy atom. The van der Waals surface area contributed by atoms with E-state index in [1.165, 1.54) is 24.4 Å². The summed E-state index contributed by atoms with van der Waals surface area (Å²) in [5.41, 5.74) is 0.449. The molecule has 0 radical (unpaired) electrons. The molecule has 0 fully saturated rings. The average Bonchev–Trinajstić information content (AvgIpc) is 2.91. The van der Waals surface area contributed by atoms with Gasteiger partial charge in [-0.15, -0.1) is 11.3 Å². The zero-order valence-corrected chi connectivity index (χ0v) is 13.1. The smallest absolute Gasteiger partial charge is 0.462 e. The van der Waals surface area contributed by atoms with E-state index in [4.69, 9.17) is 4.74 Å². The minimum absolute atomic E-state index is 0.00416. The van der Waals surface area contributed by atoms with Crippen molar-refractivity contribution < 1.29 is 31.9 Å². The van der Waals surface area contributed by atoms with Gasteiger partial charge in [-0.3, -0.25) is 4.79 Å². The van der Waals surface area contributed by atoms with Crippen LogP contribution < -0.4 is 5.32 Å². The first kappa shape index (κ1) is 17.9. The van der Waals surface area contributed by atoms with Crippen molar-refractivity contribution >= 4 is 28.2 Å². The van der Waals surface area contributed by atoms with Crippen LogP contribution in [-0.4, -0.2) is 24.7 Å². The molecule has 9 heteroatoms. The number of ether oxygens (including phenoxy) is 1. The number of carbonyl (C=O) groups is 2. The van der Waals surface area contributed by atoms with E-state index in [-0.39, 0.29) is 22.7 Å². The summed E-state index contributed by atoms with van der Waals surface area (Å²) in [6.07, 6.45) is -5.09. The lowest BCUT2D eigenvalue weighted by Gasteiger charge is -2.10. The van der Waals surface area contributed by atoms with Gasteiger partial charge >= 0.3 is 18.1 Å². The normalized spacial score (nSPS) is 11.2. The van der Waals surface area contributed by atoms with Crippen molar-refractivity contribution in [2.75, 3.05) is 11.9 Å². The summed E-state index contributed by atoms with van der Waals surface area (Å²) >= 11 is 0.747. The molecule has 1 N–H and O–H groups in total. The van der Waals surface area contributed by atoms with E-state index >= 15 is 0 Å². The Morgan fingerprint density at radius 2 is 1.83 bits per heavy atom. The molecule has 0 saturated carbocycles. The van der Waals surface area contributed by atoms with Gasteiger partial charge in [-0.25, -0.2) is 9.18 Å². The Hall–Kier alpha value is -2.42. The van der Waals surface area contributed by atoms with Crippen LogP contribution >= 0.6 is 11.3 Å². The van der Waals surface area contributed by atoms with Crippen molar-refractivity contribution in [2.45, 2.75) is 13.1 Å². The third kappa shape index (κ3) is 3.91. The van der Waals surface area contributed by atoms with Gasteiger partial charge < -0.3 is 10.1 Å². The van der Waals surface area contributed by atoms with Gasteiger partial charge in [0, 0.05) is 10.9 Å². The van der Waals surface area contributed by atoms with Gasteiger partial charge in [0.15, 0.2) is 0 Å². The second-order valence-electron chi connectivity index (χ2n) is 4.53. The maximum atomic E-state index is 13.0. The molecule has 2 aromatic rings. The molecule has 0 aliphatic heterocycles. The summed E-state index contributed by atoms with van der Waals surface area (Å²) < 4.78 is 55.1. The summed E-state index contributed by atoms with van der Waals surface area (Å²) in [5, 5.41) is 2.78. The molecule has 1 aromatic heterocycles. The number of esters is 1. The zero-order chi connectivity index (χ0) is 17.9. The van der Waals surface area contributed by atoms with E-state index in [1.807, 2.05) is 0 Å². The maximum Gasteiger partial charge on any atom is 0.471 e. The van der Waals surface area contributed by atoms with E-state index in [0.717, 1.165) is 23.5 Å².